The Kier molecular flexibility index (Phi) is 7.75. The first-order chi connectivity index (χ1) is 15.2. The van der Waals surface area contributed by atoms with Crippen molar-refractivity contribution >= 4 is 0 Å². The van der Waals surface area contributed by atoms with Crippen molar-refractivity contribution in [3.8, 4) is 0 Å². The van der Waals surface area contributed by atoms with Crippen LogP contribution in [0.25, 0.3) is 0 Å². The Bertz CT molecular complexity index is 699. The van der Waals surface area contributed by atoms with Gasteiger partial charge in [-0.15, -0.1) is 0 Å². The van der Waals surface area contributed by atoms with Crippen LogP contribution in [0.4, 0.5) is 8.78 Å². The van der Waals surface area contributed by atoms with Gasteiger partial charge < -0.3 is 19.8 Å². The number of aliphatic hydroxyl groups excluding tert-OH is 2. The third-order valence-corrected chi connectivity index (χ3v) is 8.87. The van der Waals surface area contributed by atoms with E-state index in [0.29, 0.717) is 55.4 Å². The zero-order valence-corrected chi connectivity index (χ0v) is 19.7. The second-order valence-electron chi connectivity index (χ2n) is 11.2. The predicted octanol–water partition coefficient (Wildman–Crippen LogP) is 4.91. The smallest absolute Gasteiger partial charge is 0.345 e. The van der Waals surface area contributed by atoms with E-state index < -0.39 is 18.8 Å². The van der Waals surface area contributed by atoms with E-state index in [4.69, 9.17) is 4.74 Å². The van der Waals surface area contributed by atoms with Crippen LogP contribution in [0.1, 0.15) is 71.6 Å². The van der Waals surface area contributed by atoms with Gasteiger partial charge in [0.05, 0.1) is 18.3 Å². The fourth-order valence-electron chi connectivity index (χ4n) is 7.50. The van der Waals surface area contributed by atoms with Crippen molar-refractivity contribution in [3.63, 3.8) is 0 Å². The predicted molar refractivity (Wildman–Crippen MR) is 121 cm³/mol. The van der Waals surface area contributed by atoms with Crippen molar-refractivity contribution in [3.05, 3.63) is 23.3 Å². The van der Waals surface area contributed by atoms with Crippen molar-refractivity contribution in [2.45, 2.75) is 96.6 Å². The number of halogens is 2. The van der Waals surface area contributed by atoms with Gasteiger partial charge in [0.2, 0.25) is 0 Å². The Morgan fingerprint density at radius 2 is 1.91 bits per heavy atom. The van der Waals surface area contributed by atoms with Gasteiger partial charge in [-0.25, -0.2) is 0 Å². The molecule has 3 aliphatic carbocycles. The first-order valence-electron chi connectivity index (χ1n) is 12.6. The quantitative estimate of drug-likeness (QED) is 0.600. The van der Waals surface area contributed by atoms with Crippen molar-refractivity contribution < 1.29 is 23.7 Å². The number of ether oxygens (including phenoxy) is 1. The van der Waals surface area contributed by atoms with Crippen LogP contribution in [-0.4, -0.2) is 59.7 Å². The van der Waals surface area contributed by atoms with Crippen LogP contribution in [0, 0.1) is 23.2 Å². The molecule has 32 heavy (non-hydrogen) atoms. The van der Waals surface area contributed by atoms with Crippen LogP contribution in [0.3, 0.4) is 0 Å². The van der Waals surface area contributed by atoms with Crippen molar-refractivity contribution in [2.24, 2.45) is 23.2 Å². The molecule has 7 atom stereocenters. The molecule has 0 aromatic heterocycles. The van der Waals surface area contributed by atoms with E-state index in [-0.39, 0.29) is 6.10 Å². The van der Waals surface area contributed by atoms with E-state index in [9.17, 15) is 19.0 Å². The Morgan fingerprint density at radius 3 is 2.62 bits per heavy atom. The molecule has 0 bridgehead atoms. The van der Waals surface area contributed by atoms with Gasteiger partial charge in [0.15, 0.2) is 0 Å². The van der Waals surface area contributed by atoms with E-state index in [2.05, 4.69) is 30.9 Å². The molecule has 2 N–H and O–H groups in total. The molecule has 0 radical (unpaired) electrons. The first kappa shape index (κ1) is 24.3. The average molecular weight is 454 g/mol. The van der Waals surface area contributed by atoms with Gasteiger partial charge >= 0.3 is 6.61 Å². The highest BCUT2D eigenvalue weighted by atomic mass is 19.3. The van der Waals surface area contributed by atoms with Gasteiger partial charge in [-0.2, -0.15) is 8.78 Å². The number of fused-ring (bicyclic) bond motifs is 1. The lowest BCUT2D eigenvalue weighted by Crippen LogP contribution is -2.39. The molecule has 0 amide bonds. The lowest BCUT2D eigenvalue weighted by molar-refractivity contribution is -0.158. The zero-order valence-electron chi connectivity index (χ0n) is 19.7. The maximum absolute atomic E-state index is 12.5. The van der Waals surface area contributed by atoms with E-state index >= 15 is 0 Å². The highest BCUT2D eigenvalue weighted by molar-refractivity contribution is 5.26. The molecule has 1 saturated heterocycles. The Hall–Kier alpha value is -0.820. The SMILES string of the molecule is CC(CN1CCC(OC(F)F)C1)[C@H]1CC[C@H]2C(=CC=C3C[C@@H](O)C[C@H](O)C3)CCC[C@]12C. The number of aliphatic hydroxyl groups is 2. The molecule has 4 rings (SSSR count). The molecule has 0 aromatic carbocycles. The van der Waals surface area contributed by atoms with Gasteiger partial charge in [0.1, 0.15) is 0 Å². The molecule has 0 spiro atoms. The molecular formula is C26H41F2NO3. The van der Waals surface area contributed by atoms with Crippen LogP contribution >= 0.6 is 0 Å². The van der Waals surface area contributed by atoms with Crippen LogP contribution in [0.15, 0.2) is 23.3 Å². The van der Waals surface area contributed by atoms with Crippen molar-refractivity contribution in [2.75, 3.05) is 19.6 Å². The second kappa shape index (κ2) is 10.2. The molecule has 4 nitrogen and oxygen atoms in total. The summed E-state index contributed by atoms with van der Waals surface area (Å²) in [6.07, 6.45) is 11.9. The van der Waals surface area contributed by atoms with Crippen LogP contribution in [-0.2, 0) is 4.74 Å². The molecule has 6 heteroatoms. The summed E-state index contributed by atoms with van der Waals surface area (Å²) in [6.45, 7) is 4.60. The van der Waals surface area contributed by atoms with Crippen molar-refractivity contribution in [1.82, 2.24) is 4.90 Å². The largest absolute Gasteiger partial charge is 0.393 e. The van der Waals surface area contributed by atoms with Crippen LogP contribution < -0.4 is 0 Å². The maximum atomic E-state index is 12.5. The topological polar surface area (TPSA) is 52.9 Å². The molecule has 3 saturated carbocycles. The molecule has 4 aliphatic rings. The standard InChI is InChI=1S/C26H41F2NO3/c1-17(15-29-11-9-22(16-29)32-25(27)28)23-7-8-24-19(4-3-10-26(23,24)2)6-5-18-12-20(30)14-21(31)13-18/h5-6,17,20-25,30-31H,3-4,7-16H2,1-2H3/t17?,20-,21-,22?,23-,24+,26-/m1/s1. The van der Waals surface area contributed by atoms with Crippen LogP contribution in [0.2, 0.25) is 0 Å². The third-order valence-electron chi connectivity index (χ3n) is 8.87. The fourth-order valence-corrected chi connectivity index (χ4v) is 7.50. The fraction of sp³-hybridized carbons (Fsp3) is 0.846. The van der Waals surface area contributed by atoms with Gasteiger partial charge in [-0.1, -0.05) is 37.1 Å². The number of hydrogen-bond acceptors (Lipinski definition) is 4. The number of allylic oxidation sites excluding steroid dienone is 3. The molecule has 0 aromatic rings. The summed E-state index contributed by atoms with van der Waals surface area (Å²) < 4.78 is 29.8. The van der Waals surface area contributed by atoms with Gasteiger partial charge in [-0.05, 0) is 81.0 Å². The van der Waals surface area contributed by atoms with Gasteiger partial charge in [0.25, 0.3) is 0 Å². The monoisotopic (exact) mass is 453 g/mol. The Balaban J connectivity index is 1.39. The minimum absolute atomic E-state index is 0.298. The highest BCUT2D eigenvalue weighted by Crippen LogP contribution is 2.59. The lowest BCUT2D eigenvalue weighted by atomic mass is 9.61. The molecule has 182 valence electrons. The maximum Gasteiger partial charge on any atom is 0.345 e. The molecule has 1 aliphatic heterocycles. The van der Waals surface area contributed by atoms with Gasteiger partial charge in [-0.3, -0.25) is 0 Å². The third kappa shape index (κ3) is 5.45. The zero-order chi connectivity index (χ0) is 22.9. The van der Waals surface area contributed by atoms with E-state index in [1.165, 1.54) is 25.7 Å². The number of rotatable bonds is 6. The van der Waals surface area contributed by atoms with Crippen molar-refractivity contribution in [1.29, 1.82) is 0 Å². The minimum Gasteiger partial charge on any atom is -0.393 e. The summed E-state index contributed by atoms with van der Waals surface area (Å²) in [5, 5.41) is 20.0. The van der Waals surface area contributed by atoms with E-state index in [0.717, 1.165) is 25.1 Å². The second-order valence-corrected chi connectivity index (χ2v) is 11.2. The summed E-state index contributed by atoms with van der Waals surface area (Å²) >= 11 is 0. The molecule has 2 unspecified atom stereocenters. The van der Waals surface area contributed by atoms with E-state index in [1.54, 1.807) is 5.57 Å². The summed E-state index contributed by atoms with van der Waals surface area (Å²) in [4.78, 5) is 2.32. The molecule has 1 heterocycles. The average Bonchev–Trinajstić information content (AvgIpc) is 3.28. The Morgan fingerprint density at radius 1 is 1.16 bits per heavy atom. The Labute approximate surface area is 191 Å². The highest BCUT2D eigenvalue weighted by Gasteiger charge is 2.50. The number of alkyl halides is 2. The summed E-state index contributed by atoms with van der Waals surface area (Å²) in [5.74, 6) is 1.79. The molecule has 4 fully saturated rings. The first-order valence-corrected chi connectivity index (χ1v) is 12.6. The summed E-state index contributed by atoms with van der Waals surface area (Å²) in [5.41, 5.74) is 3.00. The number of likely N-dealkylation sites (tertiary alicyclic amines) is 1. The van der Waals surface area contributed by atoms with E-state index in [1.807, 2.05) is 0 Å². The lowest BCUT2D eigenvalue weighted by Gasteiger charge is -2.45. The number of hydrogen-bond donors (Lipinski definition) is 2. The summed E-state index contributed by atoms with van der Waals surface area (Å²) in [7, 11) is 0. The van der Waals surface area contributed by atoms with Crippen LogP contribution in [0.5, 0.6) is 0 Å². The molecular weight excluding hydrogens is 412 g/mol. The van der Waals surface area contributed by atoms with Gasteiger partial charge in [0, 0.05) is 19.6 Å². The summed E-state index contributed by atoms with van der Waals surface area (Å²) in [6, 6.07) is 0. The normalized spacial score (nSPS) is 40.8. The minimum atomic E-state index is -2.67. The number of nitrogens with zero attached hydrogens (tertiary/aromatic N) is 1.